The second kappa shape index (κ2) is 5.11. The van der Waals surface area contributed by atoms with Gasteiger partial charge in [-0.3, -0.25) is 4.79 Å². The number of carbonyl (C=O) groups excluding carboxylic acids is 1. The summed E-state index contributed by atoms with van der Waals surface area (Å²) >= 11 is 0. The van der Waals surface area contributed by atoms with Crippen molar-refractivity contribution in [3.63, 3.8) is 0 Å². The molecule has 0 saturated heterocycles. The molecule has 0 fully saturated rings. The molecule has 0 bridgehead atoms. The average Bonchev–Trinajstić information content (AvgIpc) is 2.03. The second-order valence-corrected chi connectivity index (χ2v) is 3.17. The molecule has 0 atom stereocenters. The Morgan fingerprint density at radius 2 is 1.82 bits per heavy atom. The number of Topliss-reactive ketones (excluding diaryl/α,β-unsaturated/α-hetero) is 1. The van der Waals surface area contributed by atoms with E-state index in [0.717, 1.165) is 19.3 Å². The molecule has 0 aromatic heterocycles. The molecule has 1 aliphatic carbocycles. The summed E-state index contributed by atoms with van der Waals surface area (Å²) in [4.78, 5) is 11.0. The first-order valence-electron chi connectivity index (χ1n) is 4.56. The molecule has 1 nitrogen and oxygen atoms in total. The lowest BCUT2D eigenvalue weighted by molar-refractivity contribution is -0.118. The Kier molecular flexibility index (Phi) is 3.95. The largest absolute Gasteiger partial charge is 0.299 e. The Hall–Kier alpha value is -0.590. The topological polar surface area (TPSA) is 17.1 Å². The van der Waals surface area contributed by atoms with Gasteiger partial charge in [-0.25, -0.2) is 0 Å². The van der Waals surface area contributed by atoms with Crippen molar-refractivity contribution >= 4 is 5.78 Å². The summed E-state index contributed by atoms with van der Waals surface area (Å²) in [5.41, 5.74) is 0. The van der Waals surface area contributed by atoms with Crippen molar-refractivity contribution in [3.05, 3.63) is 12.2 Å². The molecule has 0 unspecified atom stereocenters. The van der Waals surface area contributed by atoms with Crippen LogP contribution in [0.1, 0.15) is 44.9 Å². The molecule has 0 aromatic carbocycles. The smallest absolute Gasteiger partial charge is 0.136 e. The van der Waals surface area contributed by atoms with Gasteiger partial charge in [-0.05, 0) is 19.3 Å². The maximum atomic E-state index is 11.0. The van der Waals surface area contributed by atoms with Crippen LogP contribution in [0, 0.1) is 0 Å². The lowest BCUT2D eigenvalue weighted by Gasteiger charge is -2.01. The minimum absolute atomic E-state index is 0.406. The molecule has 0 amide bonds. The average molecular weight is 152 g/mol. The van der Waals surface area contributed by atoms with Crippen molar-refractivity contribution in [2.75, 3.05) is 0 Å². The van der Waals surface area contributed by atoms with Gasteiger partial charge in [-0.15, -0.1) is 0 Å². The number of hydrogen-bond donors (Lipinski definition) is 0. The van der Waals surface area contributed by atoms with Crippen LogP contribution in [0.3, 0.4) is 0 Å². The third kappa shape index (κ3) is 3.97. The minimum atomic E-state index is 0.406. The molecule has 0 N–H and O–H groups in total. The number of allylic oxidation sites excluding steroid dienone is 2. The van der Waals surface area contributed by atoms with E-state index in [4.69, 9.17) is 0 Å². The number of carbonyl (C=O) groups is 1. The predicted octanol–water partition coefficient (Wildman–Crippen LogP) is 2.86. The Bertz CT molecular complexity index is 147. The normalized spacial score (nSPS) is 24.5. The molecule has 62 valence electrons. The summed E-state index contributed by atoms with van der Waals surface area (Å²) in [6.07, 6.45) is 11.7. The molecule has 0 radical (unpaired) electrons. The molecule has 0 spiro atoms. The zero-order chi connectivity index (χ0) is 7.94. The minimum Gasteiger partial charge on any atom is -0.299 e. The Morgan fingerprint density at radius 3 is 2.73 bits per heavy atom. The van der Waals surface area contributed by atoms with E-state index in [1.165, 1.54) is 19.3 Å². The van der Waals surface area contributed by atoms with Crippen LogP contribution < -0.4 is 0 Å². The van der Waals surface area contributed by atoms with Crippen molar-refractivity contribution < 1.29 is 4.79 Å². The van der Waals surface area contributed by atoms with Gasteiger partial charge in [0.1, 0.15) is 5.78 Å². The molecular formula is C10H16O. The lowest BCUT2D eigenvalue weighted by atomic mass is 10.0. The van der Waals surface area contributed by atoms with Crippen LogP contribution in [0.5, 0.6) is 0 Å². The van der Waals surface area contributed by atoms with Crippen LogP contribution in [-0.2, 0) is 4.79 Å². The molecule has 0 aromatic rings. The molecule has 11 heavy (non-hydrogen) atoms. The van der Waals surface area contributed by atoms with Gasteiger partial charge in [0.2, 0.25) is 0 Å². The van der Waals surface area contributed by atoms with Crippen LogP contribution in [0.2, 0.25) is 0 Å². The lowest BCUT2D eigenvalue weighted by Crippen LogP contribution is -1.96. The highest BCUT2D eigenvalue weighted by Gasteiger charge is 1.99. The molecule has 1 rings (SSSR count). The predicted molar refractivity (Wildman–Crippen MR) is 46.5 cm³/mol. The van der Waals surface area contributed by atoms with Crippen molar-refractivity contribution in [3.8, 4) is 0 Å². The second-order valence-electron chi connectivity index (χ2n) is 3.17. The third-order valence-corrected chi connectivity index (χ3v) is 2.09. The van der Waals surface area contributed by atoms with Crippen LogP contribution in [0.15, 0.2) is 12.2 Å². The van der Waals surface area contributed by atoms with Gasteiger partial charge in [-0.1, -0.05) is 25.0 Å². The van der Waals surface area contributed by atoms with Crippen LogP contribution in [0.4, 0.5) is 0 Å². The van der Waals surface area contributed by atoms with Crippen molar-refractivity contribution in [1.29, 1.82) is 0 Å². The first kappa shape index (κ1) is 8.51. The van der Waals surface area contributed by atoms with E-state index in [2.05, 4.69) is 6.08 Å². The van der Waals surface area contributed by atoms with Gasteiger partial charge >= 0.3 is 0 Å². The molecule has 0 aliphatic heterocycles. The monoisotopic (exact) mass is 152 g/mol. The fraction of sp³-hybridized carbons (Fsp3) is 0.700. The zero-order valence-corrected chi connectivity index (χ0v) is 7.01. The SMILES string of the molecule is O=C1C/C=C\CCCCCC1. The molecule has 1 heteroatoms. The Morgan fingerprint density at radius 1 is 1.00 bits per heavy atom. The first-order chi connectivity index (χ1) is 5.39. The van der Waals surface area contributed by atoms with Gasteiger partial charge in [0, 0.05) is 12.8 Å². The molecule has 1 aliphatic rings. The van der Waals surface area contributed by atoms with Crippen molar-refractivity contribution in [1.82, 2.24) is 0 Å². The summed E-state index contributed by atoms with van der Waals surface area (Å²) in [5.74, 6) is 0.406. The summed E-state index contributed by atoms with van der Waals surface area (Å²) in [6.45, 7) is 0. The quantitative estimate of drug-likeness (QED) is 0.488. The highest BCUT2D eigenvalue weighted by atomic mass is 16.1. The van der Waals surface area contributed by atoms with Gasteiger partial charge in [0.25, 0.3) is 0 Å². The zero-order valence-electron chi connectivity index (χ0n) is 7.01. The van der Waals surface area contributed by atoms with Crippen LogP contribution >= 0.6 is 0 Å². The van der Waals surface area contributed by atoms with Gasteiger partial charge < -0.3 is 0 Å². The molecule has 0 saturated carbocycles. The summed E-state index contributed by atoms with van der Waals surface area (Å²) in [7, 11) is 0. The van der Waals surface area contributed by atoms with E-state index in [0.29, 0.717) is 12.2 Å². The van der Waals surface area contributed by atoms with Crippen molar-refractivity contribution in [2.45, 2.75) is 44.9 Å². The Labute approximate surface area is 68.5 Å². The first-order valence-corrected chi connectivity index (χ1v) is 4.56. The van der Waals surface area contributed by atoms with E-state index in [1.54, 1.807) is 0 Å². The highest BCUT2D eigenvalue weighted by Crippen LogP contribution is 2.09. The maximum absolute atomic E-state index is 11.0. The summed E-state index contributed by atoms with van der Waals surface area (Å²) in [5, 5.41) is 0. The summed E-state index contributed by atoms with van der Waals surface area (Å²) in [6, 6.07) is 0. The number of hydrogen-bond acceptors (Lipinski definition) is 1. The van der Waals surface area contributed by atoms with E-state index in [1.807, 2.05) is 6.08 Å². The Balaban J connectivity index is 2.30. The number of rotatable bonds is 0. The fourth-order valence-corrected chi connectivity index (χ4v) is 1.37. The van der Waals surface area contributed by atoms with E-state index < -0.39 is 0 Å². The van der Waals surface area contributed by atoms with Gasteiger partial charge in [-0.2, -0.15) is 0 Å². The molecule has 0 heterocycles. The maximum Gasteiger partial charge on any atom is 0.136 e. The van der Waals surface area contributed by atoms with Crippen LogP contribution in [0.25, 0.3) is 0 Å². The summed E-state index contributed by atoms with van der Waals surface area (Å²) < 4.78 is 0. The fourth-order valence-electron chi connectivity index (χ4n) is 1.37. The third-order valence-electron chi connectivity index (χ3n) is 2.09. The number of ketones is 1. The van der Waals surface area contributed by atoms with Gasteiger partial charge in [0.05, 0.1) is 0 Å². The van der Waals surface area contributed by atoms with Crippen LogP contribution in [-0.4, -0.2) is 5.78 Å². The van der Waals surface area contributed by atoms with Gasteiger partial charge in [0.15, 0.2) is 0 Å². The van der Waals surface area contributed by atoms with E-state index in [-0.39, 0.29) is 0 Å². The van der Waals surface area contributed by atoms with E-state index >= 15 is 0 Å². The molecular weight excluding hydrogens is 136 g/mol. The van der Waals surface area contributed by atoms with Crippen molar-refractivity contribution in [2.24, 2.45) is 0 Å². The standard InChI is InChI=1S/C10H16O/c11-10-8-6-4-2-1-3-5-7-9-10/h4,6H,1-3,5,7-9H2/b6-4-. The highest BCUT2D eigenvalue weighted by molar-refractivity contribution is 5.79. The van der Waals surface area contributed by atoms with E-state index in [9.17, 15) is 4.79 Å².